The Morgan fingerprint density at radius 3 is 2.35 bits per heavy atom. The normalized spacial score (nSPS) is 21.2. The van der Waals surface area contributed by atoms with Gasteiger partial charge in [-0.3, -0.25) is 15.0 Å². The lowest BCUT2D eigenvalue weighted by Crippen LogP contribution is -2.59. The number of nitrogens with zero attached hydrogens (tertiary/aromatic N) is 5. The van der Waals surface area contributed by atoms with E-state index < -0.39 is 34.6 Å². The van der Waals surface area contributed by atoms with Crippen LogP contribution < -0.4 is 10.6 Å². The van der Waals surface area contributed by atoms with Crippen molar-refractivity contribution in [1.29, 1.82) is 0 Å². The van der Waals surface area contributed by atoms with Crippen molar-refractivity contribution in [2.24, 2.45) is 0 Å². The van der Waals surface area contributed by atoms with Crippen molar-refractivity contribution < 1.29 is 32.7 Å². The fourth-order valence-corrected chi connectivity index (χ4v) is 8.26. The first-order chi connectivity index (χ1) is 22.9. The zero-order chi connectivity index (χ0) is 34.2. The highest BCUT2D eigenvalue weighted by molar-refractivity contribution is 7.14. The summed E-state index contributed by atoms with van der Waals surface area (Å²) in [6.45, 7) is 5.46. The van der Waals surface area contributed by atoms with Crippen molar-refractivity contribution in [3.05, 3.63) is 45.3 Å². The second-order valence-corrected chi connectivity index (χ2v) is 14.4. The Morgan fingerprint density at radius 1 is 1.02 bits per heavy atom. The lowest BCUT2D eigenvalue weighted by molar-refractivity contribution is -0.138. The van der Waals surface area contributed by atoms with Gasteiger partial charge < -0.3 is 30.0 Å². The number of piperazine rings is 1. The van der Waals surface area contributed by atoms with E-state index in [0.29, 0.717) is 64.7 Å². The number of benzene rings is 1. The predicted octanol–water partition coefficient (Wildman–Crippen LogP) is 4.50. The smallest absolute Gasteiger partial charge is 0.420 e. The predicted molar refractivity (Wildman–Crippen MR) is 176 cm³/mol. The van der Waals surface area contributed by atoms with Crippen molar-refractivity contribution in [2.45, 2.75) is 63.0 Å². The molecule has 6 rings (SSSR count). The summed E-state index contributed by atoms with van der Waals surface area (Å²) in [4.78, 5) is 50.0. The summed E-state index contributed by atoms with van der Waals surface area (Å²) in [5, 5.41) is 18.0. The number of likely N-dealkylation sites (tertiary alicyclic amines) is 2. The fraction of sp³-hybridized carbons (Fsp3) is 0.594. The van der Waals surface area contributed by atoms with Crippen LogP contribution in [0.1, 0.15) is 42.4 Å². The van der Waals surface area contributed by atoms with Gasteiger partial charge in [-0.2, -0.15) is 13.2 Å². The molecule has 1 aromatic carbocycles. The number of thiophene rings is 1. The number of amides is 5. The number of hydrogen-bond acceptors (Lipinski definition) is 7. The van der Waals surface area contributed by atoms with E-state index in [1.54, 1.807) is 14.7 Å². The molecule has 3 saturated heterocycles. The van der Waals surface area contributed by atoms with Crippen molar-refractivity contribution >= 4 is 45.9 Å². The molecule has 1 atom stereocenters. The van der Waals surface area contributed by atoms with Gasteiger partial charge in [0.2, 0.25) is 5.91 Å². The molecule has 0 spiro atoms. The van der Waals surface area contributed by atoms with Crippen molar-refractivity contribution in [3.8, 4) is 5.75 Å². The van der Waals surface area contributed by atoms with Crippen molar-refractivity contribution in [1.82, 2.24) is 29.8 Å². The van der Waals surface area contributed by atoms with E-state index in [1.165, 1.54) is 17.4 Å². The SMILES string of the molecule is CN1CCC(N2CCN(C(=O)[C@@H](Cc3cc(Cl)c(O)c(C(F)(F)F)c3)NC(=O)N3CCC(N4Cc5ccsc5NC4=O)CC3)CC2)CC1. The van der Waals surface area contributed by atoms with E-state index in [9.17, 15) is 32.7 Å². The molecule has 11 nitrogen and oxygen atoms in total. The Bertz CT molecular complexity index is 1500. The Morgan fingerprint density at radius 2 is 1.69 bits per heavy atom. The van der Waals surface area contributed by atoms with Crippen LogP contribution >= 0.6 is 22.9 Å². The second-order valence-electron chi connectivity index (χ2n) is 13.1. The number of phenolic OH excluding ortho intramolecular Hbond substituents is 1. The Labute approximate surface area is 286 Å². The van der Waals surface area contributed by atoms with Gasteiger partial charge in [-0.05, 0) is 75.0 Å². The molecule has 48 heavy (non-hydrogen) atoms. The minimum atomic E-state index is -4.86. The maximum Gasteiger partial charge on any atom is 0.420 e. The molecule has 4 aliphatic heterocycles. The quantitative estimate of drug-likeness (QED) is 0.407. The van der Waals surface area contributed by atoms with Gasteiger partial charge in [0.1, 0.15) is 16.8 Å². The summed E-state index contributed by atoms with van der Waals surface area (Å²) in [6, 6.07) is 2.52. The van der Waals surface area contributed by atoms with Crippen LogP contribution in [0.5, 0.6) is 5.75 Å². The number of nitrogens with one attached hydrogen (secondary N) is 2. The number of carbonyl (C=O) groups is 3. The fourth-order valence-electron chi connectivity index (χ4n) is 7.22. The number of rotatable bonds is 6. The molecule has 262 valence electrons. The molecule has 5 amide bonds. The van der Waals surface area contributed by atoms with Gasteiger partial charge in [-0.1, -0.05) is 11.6 Å². The Hall–Kier alpha value is -3.27. The van der Waals surface area contributed by atoms with E-state index in [0.717, 1.165) is 42.6 Å². The van der Waals surface area contributed by atoms with Crippen molar-refractivity contribution in [2.75, 3.05) is 64.7 Å². The topological polar surface area (TPSA) is 112 Å². The van der Waals surface area contributed by atoms with Gasteiger partial charge in [0.25, 0.3) is 0 Å². The van der Waals surface area contributed by atoms with Crippen LogP contribution in [-0.2, 0) is 23.9 Å². The Balaban J connectivity index is 1.13. The summed E-state index contributed by atoms with van der Waals surface area (Å²) in [5.41, 5.74) is -0.180. The van der Waals surface area contributed by atoms with Gasteiger partial charge in [0.15, 0.2) is 0 Å². The zero-order valence-corrected chi connectivity index (χ0v) is 28.3. The molecule has 3 N–H and O–H groups in total. The number of hydrogen-bond donors (Lipinski definition) is 3. The maximum atomic E-state index is 14.0. The lowest BCUT2D eigenvalue weighted by Gasteiger charge is -2.43. The number of anilines is 1. The number of phenols is 1. The van der Waals surface area contributed by atoms with E-state index in [2.05, 4.69) is 27.5 Å². The number of halogens is 4. The number of piperidine rings is 2. The minimum absolute atomic E-state index is 0.0661. The highest BCUT2D eigenvalue weighted by Crippen LogP contribution is 2.40. The summed E-state index contributed by atoms with van der Waals surface area (Å²) < 4.78 is 41.1. The maximum absolute atomic E-state index is 14.0. The summed E-state index contributed by atoms with van der Waals surface area (Å²) >= 11 is 7.47. The Kier molecular flexibility index (Phi) is 10.3. The van der Waals surface area contributed by atoms with Crippen LogP contribution in [0.2, 0.25) is 5.02 Å². The molecule has 0 aliphatic carbocycles. The van der Waals surface area contributed by atoms with Crippen LogP contribution in [-0.4, -0.2) is 125 Å². The molecular weight excluding hydrogens is 671 g/mol. The molecule has 4 aliphatic rings. The largest absolute Gasteiger partial charge is 0.506 e. The van der Waals surface area contributed by atoms with Gasteiger partial charge >= 0.3 is 18.2 Å². The highest BCUT2D eigenvalue weighted by Gasteiger charge is 2.38. The van der Waals surface area contributed by atoms with Crippen LogP contribution in [0.3, 0.4) is 0 Å². The molecule has 2 aromatic rings. The monoisotopic (exact) mass is 711 g/mol. The van der Waals surface area contributed by atoms with Crippen LogP contribution in [0.15, 0.2) is 23.6 Å². The number of aromatic hydroxyl groups is 1. The zero-order valence-electron chi connectivity index (χ0n) is 26.8. The first-order valence-electron chi connectivity index (χ1n) is 16.4. The number of urea groups is 2. The van der Waals surface area contributed by atoms with Gasteiger partial charge in [-0.15, -0.1) is 11.3 Å². The van der Waals surface area contributed by atoms with Crippen molar-refractivity contribution in [3.63, 3.8) is 0 Å². The van der Waals surface area contributed by atoms with E-state index in [-0.39, 0.29) is 30.0 Å². The molecule has 0 unspecified atom stereocenters. The number of alkyl halides is 3. The average Bonchev–Trinajstić information content (AvgIpc) is 3.52. The third-order valence-corrected chi connectivity index (χ3v) is 11.2. The molecule has 0 radical (unpaired) electrons. The summed E-state index contributed by atoms with van der Waals surface area (Å²) in [6.07, 6.45) is -1.91. The van der Waals surface area contributed by atoms with Gasteiger partial charge in [-0.25, -0.2) is 9.59 Å². The van der Waals surface area contributed by atoms with Crippen LogP contribution in [0.25, 0.3) is 0 Å². The summed E-state index contributed by atoms with van der Waals surface area (Å²) in [5.74, 6) is -1.46. The number of carbonyl (C=O) groups excluding carboxylic acids is 3. The first kappa shape index (κ1) is 34.6. The average molecular weight is 712 g/mol. The van der Waals surface area contributed by atoms with Gasteiger partial charge in [0, 0.05) is 63.3 Å². The molecule has 16 heteroatoms. The molecule has 1 aromatic heterocycles. The third-order valence-electron chi connectivity index (χ3n) is 10.1. The van der Waals surface area contributed by atoms with E-state index in [1.807, 2.05) is 11.4 Å². The van der Waals surface area contributed by atoms with Crippen LogP contribution in [0.4, 0.5) is 27.8 Å². The second kappa shape index (κ2) is 14.3. The molecular formula is C32H41ClF3N7O4S. The molecule has 5 heterocycles. The van der Waals surface area contributed by atoms with E-state index >= 15 is 0 Å². The highest BCUT2D eigenvalue weighted by atomic mass is 35.5. The molecule has 0 bridgehead atoms. The van der Waals surface area contributed by atoms with Crippen LogP contribution in [0, 0.1) is 0 Å². The summed E-state index contributed by atoms with van der Waals surface area (Å²) in [7, 11) is 2.11. The number of fused-ring (bicyclic) bond motifs is 1. The lowest BCUT2D eigenvalue weighted by atomic mass is 10.00. The van der Waals surface area contributed by atoms with E-state index in [4.69, 9.17) is 11.6 Å². The molecule has 0 saturated carbocycles. The first-order valence-corrected chi connectivity index (χ1v) is 17.6. The molecule has 3 fully saturated rings. The standard InChI is InChI=1S/C32H41ClF3N7O4S/c1-39-7-2-22(3-8-39)40-11-13-41(14-12-40)29(45)26(18-20-16-24(32(34,35)36)27(44)25(33)17-20)37-30(46)42-9-4-23(5-10-42)43-19-21-6-15-48-28(21)38-31(43)47/h6,15-17,22-23,26,44H,2-5,7-14,18-19H2,1H3,(H,37,46)(H,38,47)/t26-/m1/s1. The third kappa shape index (κ3) is 7.63. The van der Waals surface area contributed by atoms with Gasteiger partial charge in [0.05, 0.1) is 17.1 Å². The minimum Gasteiger partial charge on any atom is -0.506 e.